The number of unbranched alkanes of at least 4 members (excludes halogenated alkanes) is 1. The van der Waals surface area contributed by atoms with E-state index in [9.17, 15) is 0 Å². The van der Waals surface area contributed by atoms with E-state index in [0.29, 0.717) is 0 Å². The van der Waals surface area contributed by atoms with E-state index in [1.54, 1.807) is 0 Å². The first-order valence-electron chi connectivity index (χ1n) is 6.72. The van der Waals surface area contributed by atoms with Gasteiger partial charge in [-0.2, -0.15) is 0 Å². The number of benzene rings is 2. The molecular weight excluding hydrogens is 218 g/mol. The highest BCUT2D eigenvalue weighted by atomic mass is 14.6. The van der Waals surface area contributed by atoms with Crippen LogP contribution in [0.4, 0.5) is 0 Å². The number of hydrogen-bond acceptors (Lipinski definition) is 1. The Balaban J connectivity index is 2.20. The third-order valence-electron chi connectivity index (χ3n) is 3.29. The van der Waals surface area contributed by atoms with Gasteiger partial charge in [0.05, 0.1) is 0 Å². The smallest absolute Gasteiger partial charge is 0.0295 e. The van der Waals surface area contributed by atoms with Gasteiger partial charge in [0.1, 0.15) is 0 Å². The van der Waals surface area contributed by atoms with E-state index in [1.165, 1.54) is 29.5 Å². The summed E-state index contributed by atoms with van der Waals surface area (Å²) in [5.41, 5.74) is 9.97. The molecule has 0 aliphatic carbocycles. The van der Waals surface area contributed by atoms with Crippen molar-refractivity contribution in [3.05, 3.63) is 60.2 Å². The fourth-order valence-corrected chi connectivity index (χ4v) is 2.17. The number of nitrogens with two attached hydrogens (primary N) is 1. The summed E-state index contributed by atoms with van der Waals surface area (Å²) in [5, 5.41) is 0. The maximum Gasteiger partial charge on any atom is 0.0295 e. The van der Waals surface area contributed by atoms with E-state index in [0.717, 1.165) is 6.42 Å². The highest BCUT2D eigenvalue weighted by Crippen LogP contribution is 2.24. The fourth-order valence-electron chi connectivity index (χ4n) is 2.17. The molecule has 2 aromatic rings. The standard InChI is InChI=1S/C17H21N/c1-2-3-12-17(18)16-11-7-10-15(13-16)14-8-5-4-6-9-14/h4-11,13,17H,2-3,12,18H2,1H3/t17-/m0/s1. The van der Waals surface area contributed by atoms with Gasteiger partial charge in [-0.15, -0.1) is 0 Å². The third-order valence-corrected chi connectivity index (χ3v) is 3.29. The molecule has 2 aromatic carbocycles. The van der Waals surface area contributed by atoms with Crippen molar-refractivity contribution >= 4 is 0 Å². The van der Waals surface area contributed by atoms with Crippen molar-refractivity contribution < 1.29 is 0 Å². The van der Waals surface area contributed by atoms with E-state index >= 15 is 0 Å². The first kappa shape index (κ1) is 12.8. The normalized spacial score (nSPS) is 12.3. The van der Waals surface area contributed by atoms with Crippen molar-refractivity contribution in [3.63, 3.8) is 0 Å². The Kier molecular flexibility index (Phi) is 4.54. The van der Waals surface area contributed by atoms with Crippen LogP contribution in [0.2, 0.25) is 0 Å². The summed E-state index contributed by atoms with van der Waals surface area (Å²) in [6, 6.07) is 19.2. The molecule has 0 amide bonds. The van der Waals surface area contributed by atoms with Crippen LogP contribution in [-0.4, -0.2) is 0 Å². The quantitative estimate of drug-likeness (QED) is 0.814. The topological polar surface area (TPSA) is 26.0 Å². The molecule has 1 atom stereocenters. The summed E-state index contributed by atoms with van der Waals surface area (Å²) in [7, 11) is 0. The van der Waals surface area contributed by atoms with Crippen molar-refractivity contribution in [1.29, 1.82) is 0 Å². The second-order valence-electron chi connectivity index (χ2n) is 4.74. The molecule has 94 valence electrons. The van der Waals surface area contributed by atoms with E-state index in [4.69, 9.17) is 5.73 Å². The van der Waals surface area contributed by atoms with Gasteiger partial charge in [-0.1, -0.05) is 68.3 Å². The molecule has 0 fully saturated rings. The Morgan fingerprint density at radius 1 is 0.944 bits per heavy atom. The fraction of sp³-hybridized carbons (Fsp3) is 0.294. The van der Waals surface area contributed by atoms with Crippen molar-refractivity contribution in [2.75, 3.05) is 0 Å². The first-order chi connectivity index (χ1) is 8.81. The highest BCUT2D eigenvalue weighted by molar-refractivity contribution is 5.64. The average molecular weight is 239 g/mol. The Hall–Kier alpha value is -1.60. The summed E-state index contributed by atoms with van der Waals surface area (Å²) < 4.78 is 0. The SMILES string of the molecule is CCCC[C@H](N)c1cccc(-c2ccccc2)c1. The lowest BCUT2D eigenvalue weighted by atomic mass is 9.97. The molecule has 1 nitrogen and oxygen atoms in total. The zero-order valence-corrected chi connectivity index (χ0v) is 11.0. The second kappa shape index (κ2) is 6.36. The maximum atomic E-state index is 6.23. The molecule has 0 heterocycles. The number of rotatable bonds is 5. The van der Waals surface area contributed by atoms with Gasteiger partial charge >= 0.3 is 0 Å². The Labute approximate surface area is 110 Å². The van der Waals surface area contributed by atoms with Crippen LogP contribution in [0.1, 0.15) is 37.8 Å². The minimum absolute atomic E-state index is 0.161. The lowest BCUT2D eigenvalue weighted by molar-refractivity contribution is 0.603. The molecular formula is C17H21N. The van der Waals surface area contributed by atoms with Crippen LogP contribution >= 0.6 is 0 Å². The number of hydrogen-bond donors (Lipinski definition) is 1. The van der Waals surface area contributed by atoms with Crippen molar-refractivity contribution in [1.82, 2.24) is 0 Å². The van der Waals surface area contributed by atoms with Crippen molar-refractivity contribution in [3.8, 4) is 11.1 Å². The van der Waals surface area contributed by atoms with E-state index in [2.05, 4.69) is 55.5 Å². The summed E-state index contributed by atoms with van der Waals surface area (Å²) in [6.07, 6.45) is 3.46. The zero-order valence-electron chi connectivity index (χ0n) is 11.0. The molecule has 0 aliphatic rings. The largest absolute Gasteiger partial charge is 0.324 e. The lowest BCUT2D eigenvalue weighted by Gasteiger charge is -2.13. The minimum atomic E-state index is 0.161. The first-order valence-corrected chi connectivity index (χ1v) is 6.72. The van der Waals surface area contributed by atoms with Crippen LogP contribution in [-0.2, 0) is 0 Å². The zero-order chi connectivity index (χ0) is 12.8. The monoisotopic (exact) mass is 239 g/mol. The average Bonchev–Trinajstić information content (AvgIpc) is 2.46. The molecule has 2 rings (SSSR count). The molecule has 18 heavy (non-hydrogen) atoms. The van der Waals surface area contributed by atoms with E-state index in [-0.39, 0.29) is 6.04 Å². The van der Waals surface area contributed by atoms with Crippen LogP contribution in [0.3, 0.4) is 0 Å². The van der Waals surface area contributed by atoms with Gasteiger partial charge < -0.3 is 5.73 Å². The third kappa shape index (κ3) is 3.21. The van der Waals surface area contributed by atoms with Crippen LogP contribution in [0, 0.1) is 0 Å². The molecule has 0 saturated heterocycles. The maximum absolute atomic E-state index is 6.23. The van der Waals surface area contributed by atoms with Crippen LogP contribution in [0.5, 0.6) is 0 Å². The minimum Gasteiger partial charge on any atom is -0.324 e. The second-order valence-corrected chi connectivity index (χ2v) is 4.74. The van der Waals surface area contributed by atoms with Gasteiger partial charge in [-0.05, 0) is 29.2 Å². The predicted octanol–water partition coefficient (Wildman–Crippen LogP) is 4.54. The van der Waals surface area contributed by atoms with Crippen LogP contribution < -0.4 is 5.73 Å². The van der Waals surface area contributed by atoms with Gasteiger partial charge in [-0.25, -0.2) is 0 Å². The molecule has 2 N–H and O–H groups in total. The van der Waals surface area contributed by atoms with E-state index < -0.39 is 0 Å². The van der Waals surface area contributed by atoms with Gasteiger partial charge in [0, 0.05) is 6.04 Å². The summed E-state index contributed by atoms with van der Waals surface area (Å²) in [6.45, 7) is 2.20. The molecule has 1 heteroatoms. The molecule has 0 unspecified atom stereocenters. The van der Waals surface area contributed by atoms with Gasteiger partial charge in [0.2, 0.25) is 0 Å². The molecule has 0 saturated carbocycles. The van der Waals surface area contributed by atoms with E-state index in [1.807, 2.05) is 6.07 Å². The van der Waals surface area contributed by atoms with Crippen molar-refractivity contribution in [2.24, 2.45) is 5.73 Å². The Morgan fingerprint density at radius 2 is 1.67 bits per heavy atom. The van der Waals surface area contributed by atoms with Gasteiger partial charge in [0.15, 0.2) is 0 Å². The molecule has 0 aromatic heterocycles. The highest BCUT2D eigenvalue weighted by Gasteiger charge is 2.06. The van der Waals surface area contributed by atoms with Gasteiger partial charge in [0.25, 0.3) is 0 Å². The van der Waals surface area contributed by atoms with Crippen LogP contribution in [0.15, 0.2) is 54.6 Å². The van der Waals surface area contributed by atoms with Crippen molar-refractivity contribution in [2.45, 2.75) is 32.2 Å². The lowest BCUT2D eigenvalue weighted by Crippen LogP contribution is -2.09. The Bertz CT molecular complexity index is 476. The molecule has 0 bridgehead atoms. The summed E-state index contributed by atoms with van der Waals surface area (Å²) in [5.74, 6) is 0. The predicted molar refractivity (Wildman–Crippen MR) is 78.3 cm³/mol. The van der Waals surface area contributed by atoms with Crippen LogP contribution in [0.25, 0.3) is 11.1 Å². The molecule has 0 spiro atoms. The molecule has 0 aliphatic heterocycles. The van der Waals surface area contributed by atoms with Gasteiger partial charge in [-0.3, -0.25) is 0 Å². The molecule has 0 radical (unpaired) electrons. The Morgan fingerprint density at radius 3 is 2.39 bits per heavy atom. The summed E-state index contributed by atoms with van der Waals surface area (Å²) >= 11 is 0. The summed E-state index contributed by atoms with van der Waals surface area (Å²) in [4.78, 5) is 0.